The van der Waals surface area contributed by atoms with E-state index in [-0.39, 0.29) is 5.41 Å². The molecule has 0 atom stereocenters. The van der Waals surface area contributed by atoms with E-state index in [0.717, 1.165) is 35.7 Å². The molecule has 0 aliphatic heterocycles. The molecule has 2 aromatic rings. The Morgan fingerprint density at radius 3 is 1.35 bits per heavy atom. The van der Waals surface area contributed by atoms with Crippen LogP contribution in [0.3, 0.4) is 0 Å². The standard InChI is InChI=1S/C19H26N2O2/c1-3-19(4-2,13-22-17-9-5-15(20)6-10-17)14-23-18-11-7-16(21)8-12-18/h5-12H,3-4,13-14,20-21H2,1-2H3. The molecular weight excluding hydrogens is 288 g/mol. The first-order chi connectivity index (χ1) is 11.1. The molecule has 23 heavy (non-hydrogen) atoms. The van der Waals surface area contributed by atoms with Gasteiger partial charge in [-0.25, -0.2) is 0 Å². The van der Waals surface area contributed by atoms with Crippen LogP contribution >= 0.6 is 0 Å². The summed E-state index contributed by atoms with van der Waals surface area (Å²) < 4.78 is 11.9. The SMILES string of the molecule is CCC(CC)(COc1ccc(N)cc1)COc1ccc(N)cc1. The van der Waals surface area contributed by atoms with Crippen molar-refractivity contribution in [1.29, 1.82) is 0 Å². The smallest absolute Gasteiger partial charge is 0.119 e. The Kier molecular flexibility index (Phi) is 5.74. The fraction of sp³-hybridized carbons (Fsp3) is 0.368. The Hall–Kier alpha value is -2.36. The maximum Gasteiger partial charge on any atom is 0.119 e. The fourth-order valence-corrected chi connectivity index (χ4v) is 2.30. The van der Waals surface area contributed by atoms with E-state index < -0.39 is 0 Å². The van der Waals surface area contributed by atoms with Gasteiger partial charge in [0.15, 0.2) is 0 Å². The molecule has 0 fully saturated rings. The van der Waals surface area contributed by atoms with Crippen molar-refractivity contribution in [2.24, 2.45) is 5.41 Å². The van der Waals surface area contributed by atoms with Gasteiger partial charge in [-0.05, 0) is 61.4 Å². The molecule has 0 aromatic heterocycles. The maximum atomic E-state index is 5.96. The summed E-state index contributed by atoms with van der Waals surface area (Å²) in [5, 5.41) is 0. The van der Waals surface area contributed by atoms with Crippen LogP contribution < -0.4 is 20.9 Å². The average Bonchev–Trinajstić information content (AvgIpc) is 2.59. The van der Waals surface area contributed by atoms with E-state index in [9.17, 15) is 0 Å². The number of nitrogen functional groups attached to an aromatic ring is 2. The third-order valence-electron chi connectivity index (χ3n) is 4.35. The number of benzene rings is 2. The van der Waals surface area contributed by atoms with E-state index in [4.69, 9.17) is 20.9 Å². The van der Waals surface area contributed by atoms with Crippen molar-refractivity contribution in [2.45, 2.75) is 26.7 Å². The molecule has 0 amide bonds. The molecule has 0 spiro atoms. The molecule has 0 saturated heterocycles. The first kappa shape index (κ1) is 17.0. The molecule has 0 radical (unpaired) electrons. The topological polar surface area (TPSA) is 70.5 Å². The molecule has 0 aliphatic rings. The highest BCUT2D eigenvalue weighted by Crippen LogP contribution is 2.29. The van der Waals surface area contributed by atoms with E-state index in [1.807, 2.05) is 48.5 Å². The van der Waals surface area contributed by atoms with Gasteiger partial charge in [-0.3, -0.25) is 0 Å². The van der Waals surface area contributed by atoms with Crippen molar-refractivity contribution in [1.82, 2.24) is 0 Å². The summed E-state index contributed by atoms with van der Waals surface area (Å²) in [4.78, 5) is 0. The Morgan fingerprint density at radius 1 is 0.696 bits per heavy atom. The van der Waals surface area contributed by atoms with Gasteiger partial charge in [0.05, 0.1) is 13.2 Å². The zero-order valence-electron chi connectivity index (χ0n) is 13.9. The minimum absolute atomic E-state index is 0.0250. The second-order valence-corrected chi connectivity index (χ2v) is 5.92. The van der Waals surface area contributed by atoms with Crippen LogP contribution in [0.1, 0.15) is 26.7 Å². The van der Waals surface area contributed by atoms with Gasteiger partial charge in [0.1, 0.15) is 11.5 Å². The second kappa shape index (κ2) is 7.77. The van der Waals surface area contributed by atoms with Crippen LogP contribution in [0, 0.1) is 5.41 Å². The van der Waals surface area contributed by atoms with Gasteiger partial charge in [-0.1, -0.05) is 13.8 Å². The summed E-state index contributed by atoms with van der Waals surface area (Å²) in [6, 6.07) is 15.0. The second-order valence-electron chi connectivity index (χ2n) is 5.92. The predicted octanol–water partition coefficient (Wildman–Crippen LogP) is 4.12. The largest absolute Gasteiger partial charge is 0.493 e. The van der Waals surface area contributed by atoms with Gasteiger partial charge in [-0.2, -0.15) is 0 Å². The van der Waals surface area contributed by atoms with E-state index in [1.54, 1.807) is 0 Å². The minimum atomic E-state index is -0.0250. The van der Waals surface area contributed by atoms with Gasteiger partial charge in [0.2, 0.25) is 0 Å². The van der Waals surface area contributed by atoms with E-state index in [0.29, 0.717) is 13.2 Å². The van der Waals surface area contributed by atoms with Crippen LogP contribution in [-0.2, 0) is 0 Å². The van der Waals surface area contributed by atoms with Gasteiger partial charge in [0, 0.05) is 16.8 Å². The highest BCUT2D eigenvalue weighted by atomic mass is 16.5. The quantitative estimate of drug-likeness (QED) is 0.719. The zero-order valence-corrected chi connectivity index (χ0v) is 13.9. The monoisotopic (exact) mass is 314 g/mol. The van der Waals surface area contributed by atoms with Crippen molar-refractivity contribution in [3.8, 4) is 11.5 Å². The van der Waals surface area contributed by atoms with Crippen LogP contribution in [0.15, 0.2) is 48.5 Å². The number of hydrogen-bond acceptors (Lipinski definition) is 4. The normalized spacial score (nSPS) is 11.2. The Labute approximate surface area is 138 Å². The summed E-state index contributed by atoms with van der Waals surface area (Å²) in [6.07, 6.45) is 1.96. The van der Waals surface area contributed by atoms with Crippen LogP contribution in [0.4, 0.5) is 11.4 Å². The molecule has 0 heterocycles. The van der Waals surface area contributed by atoms with Crippen molar-refractivity contribution < 1.29 is 9.47 Å². The molecule has 0 unspecified atom stereocenters. The number of anilines is 2. The first-order valence-electron chi connectivity index (χ1n) is 8.03. The molecule has 0 saturated carbocycles. The number of ether oxygens (including phenoxy) is 2. The van der Waals surface area contributed by atoms with Crippen molar-refractivity contribution in [2.75, 3.05) is 24.7 Å². The molecular formula is C19H26N2O2. The lowest BCUT2D eigenvalue weighted by molar-refractivity contribution is 0.0705. The van der Waals surface area contributed by atoms with Crippen molar-refractivity contribution in [3.63, 3.8) is 0 Å². The molecule has 2 aromatic carbocycles. The average molecular weight is 314 g/mol. The van der Waals surface area contributed by atoms with Gasteiger partial charge >= 0.3 is 0 Å². The van der Waals surface area contributed by atoms with Crippen LogP contribution in [-0.4, -0.2) is 13.2 Å². The molecule has 4 N–H and O–H groups in total. The van der Waals surface area contributed by atoms with Gasteiger partial charge in [-0.15, -0.1) is 0 Å². The lowest BCUT2D eigenvalue weighted by atomic mass is 9.84. The Morgan fingerprint density at radius 2 is 1.04 bits per heavy atom. The highest BCUT2D eigenvalue weighted by Gasteiger charge is 2.28. The van der Waals surface area contributed by atoms with E-state index in [1.165, 1.54) is 0 Å². The summed E-state index contributed by atoms with van der Waals surface area (Å²) in [7, 11) is 0. The maximum absolute atomic E-state index is 5.96. The molecule has 4 nitrogen and oxygen atoms in total. The molecule has 2 rings (SSSR count). The lowest BCUT2D eigenvalue weighted by Gasteiger charge is -2.31. The van der Waals surface area contributed by atoms with E-state index in [2.05, 4.69) is 13.8 Å². The third-order valence-corrected chi connectivity index (χ3v) is 4.35. The van der Waals surface area contributed by atoms with Crippen LogP contribution in [0.5, 0.6) is 11.5 Å². The zero-order chi connectivity index (χ0) is 16.7. The Balaban J connectivity index is 1.97. The predicted molar refractivity (Wildman–Crippen MR) is 95.7 cm³/mol. The summed E-state index contributed by atoms with van der Waals surface area (Å²) in [5.74, 6) is 1.66. The van der Waals surface area contributed by atoms with Crippen molar-refractivity contribution >= 4 is 11.4 Å². The molecule has 4 heteroatoms. The Bertz CT molecular complexity index is 538. The summed E-state index contributed by atoms with van der Waals surface area (Å²) in [6.45, 7) is 5.56. The van der Waals surface area contributed by atoms with Gasteiger partial charge in [0.25, 0.3) is 0 Å². The van der Waals surface area contributed by atoms with Crippen LogP contribution in [0.2, 0.25) is 0 Å². The summed E-state index contributed by atoms with van der Waals surface area (Å²) in [5.41, 5.74) is 12.8. The number of rotatable bonds is 8. The molecule has 124 valence electrons. The van der Waals surface area contributed by atoms with Gasteiger partial charge < -0.3 is 20.9 Å². The third kappa shape index (κ3) is 4.81. The summed E-state index contributed by atoms with van der Waals surface area (Å²) >= 11 is 0. The highest BCUT2D eigenvalue weighted by molar-refractivity contribution is 5.42. The molecule has 0 aliphatic carbocycles. The van der Waals surface area contributed by atoms with E-state index >= 15 is 0 Å². The number of hydrogen-bond donors (Lipinski definition) is 2. The molecule has 0 bridgehead atoms. The first-order valence-corrected chi connectivity index (χ1v) is 8.03. The number of nitrogens with two attached hydrogens (primary N) is 2. The van der Waals surface area contributed by atoms with Crippen LogP contribution in [0.25, 0.3) is 0 Å². The lowest BCUT2D eigenvalue weighted by Crippen LogP contribution is -2.34. The van der Waals surface area contributed by atoms with Crippen molar-refractivity contribution in [3.05, 3.63) is 48.5 Å². The minimum Gasteiger partial charge on any atom is -0.493 e. The fourth-order valence-electron chi connectivity index (χ4n) is 2.30.